The summed E-state index contributed by atoms with van der Waals surface area (Å²) >= 11 is 0. The van der Waals surface area contributed by atoms with Gasteiger partial charge in [-0.25, -0.2) is 0 Å². The highest BCUT2D eigenvalue weighted by atomic mass is 31.2. The van der Waals surface area contributed by atoms with Crippen molar-refractivity contribution in [2.75, 3.05) is 47.5 Å². The van der Waals surface area contributed by atoms with Crippen molar-refractivity contribution in [1.82, 2.24) is 0 Å². The molecule has 370 valence electrons. The molecule has 0 radical (unpaired) electrons. The van der Waals surface area contributed by atoms with E-state index in [4.69, 9.17) is 18.5 Å². The van der Waals surface area contributed by atoms with E-state index in [2.05, 4.69) is 13.8 Å². The second kappa shape index (κ2) is 45.2. The third kappa shape index (κ3) is 48.5. The normalized spacial score (nSPS) is 13.3. The number of carbonyl (C=O) groups excluding carboxylic acids is 2. The van der Waals surface area contributed by atoms with Crippen LogP contribution in [0.2, 0.25) is 0 Å². The van der Waals surface area contributed by atoms with Gasteiger partial charge >= 0.3 is 11.9 Å². The predicted molar refractivity (Wildman–Crippen MR) is 259 cm³/mol. The topological polar surface area (TPSA) is 111 Å². The highest BCUT2D eigenvalue weighted by Gasteiger charge is 2.21. The molecule has 0 aromatic carbocycles. The first-order valence-electron chi connectivity index (χ1n) is 26.7. The first kappa shape index (κ1) is 61.0. The summed E-state index contributed by atoms with van der Waals surface area (Å²) in [6.07, 6.45) is 48.5. The number of likely N-dealkylation sites (N-methyl/N-ethyl adjacent to an activating group) is 1. The summed E-state index contributed by atoms with van der Waals surface area (Å²) < 4.78 is 34.1. The predicted octanol–water partition coefficient (Wildman–Crippen LogP) is 15.3. The summed E-state index contributed by atoms with van der Waals surface area (Å²) in [4.78, 5) is 37.7. The molecular weight excluding hydrogens is 798 g/mol. The Bertz CT molecular complexity index is 1020. The number of rotatable bonds is 50. The number of quaternary nitrogens is 1. The van der Waals surface area contributed by atoms with Crippen LogP contribution < -0.4 is 4.89 Å². The van der Waals surface area contributed by atoms with E-state index < -0.39 is 26.5 Å². The number of phosphoric ester groups is 1. The van der Waals surface area contributed by atoms with Gasteiger partial charge in [-0.15, -0.1) is 0 Å². The first-order chi connectivity index (χ1) is 30.0. The fourth-order valence-corrected chi connectivity index (χ4v) is 8.68. The maximum absolute atomic E-state index is 12.7. The average Bonchev–Trinajstić information content (AvgIpc) is 3.23. The lowest BCUT2D eigenvalue weighted by Crippen LogP contribution is -2.37. The van der Waals surface area contributed by atoms with Crippen molar-refractivity contribution in [2.45, 2.75) is 277 Å². The SMILES string of the molecule is CCCCCCCCCCCCCCCCCCCCCCCCCC(=O)OC[C@@H](COP(=O)([O-])OCC[N+](C)(C)C)OC(=O)CCCCCCCCCCCCCCCCC. The summed E-state index contributed by atoms with van der Waals surface area (Å²) in [6.45, 7) is 4.29. The minimum Gasteiger partial charge on any atom is -0.756 e. The second-order valence-corrected chi connectivity index (χ2v) is 21.0. The van der Waals surface area contributed by atoms with Gasteiger partial charge in [-0.3, -0.25) is 14.2 Å². The van der Waals surface area contributed by atoms with E-state index >= 15 is 0 Å². The van der Waals surface area contributed by atoms with Gasteiger partial charge in [-0.1, -0.05) is 245 Å². The third-order valence-corrected chi connectivity index (χ3v) is 13.1. The largest absolute Gasteiger partial charge is 0.756 e. The summed E-state index contributed by atoms with van der Waals surface area (Å²) in [5.74, 6) is -0.813. The Hall–Kier alpha value is -0.990. The van der Waals surface area contributed by atoms with E-state index in [0.29, 0.717) is 17.4 Å². The van der Waals surface area contributed by atoms with Gasteiger partial charge in [0.25, 0.3) is 7.82 Å². The molecule has 0 amide bonds. The molecule has 2 atom stereocenters. The minimum absolute atomic E-state index is 0.0253. The molecule has 0 N–H and O–H groups in total. The van der Waals surface area contributed by atoms with Gasteiger partial charge < -0.3 is 27.9 Å². The van der Waals surface area contributed by atoms with Crippen molar-refractivity contribution in [3.05, 3.63) is 0 Å². The highest BCUT2D eigenvalue weighted by Crippen LogP contribution is 2.38. The van der Waals surface area contributed by atoms with Crippen molar-refractivity contribution in [1.29, 1.82) is 0 Å². The van der Waals surface area contributed by atoms with Gasteiger partial charge in [0.05, 0.1) is 27.7 Å². The molecule has 0 bridgehead atoms. The van der Waals surface area contributed by atoms with Gasteiger partial charge in [0.2, 0.25) is 0 Å². The Morgan fingerprint density at radius 3 is 1.03 bits per heavy atom. The lowest BCUT2D eigenvalue weighted by molar-refractivity contribution is -0.870. The smallest absolute Gasteiger partial charge is 0.306 e. The Kier molecular flexibility index (Phi) is 44.5. The van der Waals surface area contributed by atoms with Gasteiger partial charge in [0.1, 0.15) is 19.8 Å². The molecule has 0 aliphatic heterocycles. The Balaban J connectivity index is 4.12. The molecule has 0 saturated heterocycles. The van der Waals surface area contributed by atoms with Crippen LogP contribution in [0.15, 0.2) is 0 Å². The molecule has 0 aromatic heterocycles. The van der Waals surface area contributed by atoms with Crippen molar-refractivity contribution >= 4 is 19.8 Å². The fraction of sp³-hybridized carbons (Fsp3) is 0.962. The molecule has 0 aliphatic carbocycles. The maximum atomic E-state index is 12.7. The molecule has 62 heavy (non-hydrogen) atoms. The Morgan fingerprint density at radius 2 is 0.726 bits per heavy atom. The third-order valence-electron chi connectivity index (χ3n) is 12.1. The van der Waals surface area contributed by atoms with Crippen LogP contribution in [0.3, 0.4) is 0 Å². The number of hydrogen-bond donors (Lipinski definition) is 0. The van der Waals surface area contributed by atoms with Crippen molar-refractivity contribution in [3.8, 4) is 0 Å². The van der Waals surface area contributed by atoms with E-state index in [1.165, 1.54) is 205 Å². The minimum atomic E-state index is -4.62. The number of phosphoric acid groups is 1. The molecule has 1 unspecified atom stereocenters. The molecule has 0 heterocycles. The van der Waals surface area contributed by atoms with Crippen LogP contribution in [0.5, 0.6) is 0 Å². The van der Waals surface area contributed by atoms with Gasteiger partial charge in [-0.2, -0.15) is 0 Å². The van der Waals surface area contributed by atoms with Crippen LogP contribution in [-0.4, -0.2) is 70.0 Å². The van der Waals surface area contributed by atoms with E-state index in [1.807, 2.05) is 21.1 Å². The van der Waals surface area contributed by atoms with Crippen LogP contribution in [0.25, 0.3) is 0 Å². The lowest BCUT2D eigenvalue weighted by atomic mass is 10.0. The average molecular weight is 902 g/mol. The number of ether oxygens (including phenoxy) is 2. The van der Waals surface area contributed by atoms with Crippen molar-refractivity contribution in [2.24, 2.45) is 0 Å². The van der Waals surface area contributed by atoms with E-state index in [-0.39, 0.29) is 32.0 Å². The van der Waals surface area contributed by atoms with Crippen LogP contribution in [0, 0.1) is 0 Å². The number of unbranched alkanes of at least 4 members (excludes halogenated alkanes) is 36. The molecule has 0 saturated carbocycles. The van der Waals surface area contributed by atoms with Crippen molar-refractivity contribution in [3.63, 3.8) is 0 Å². The maximum Gasteiger partial charge on any atom is 0.306 e. The number of hydrogen-bond acceptors (Lipinski definition) is 8. The van der Waals surface area contributed by atoms with E-state index in [0.717, 1.165) is 32.1 Å². The van der Waals surface area contributed by atoms with Crippen LogP contribution in [0.1, 0.15) is 271 Å². The van der Waals surface area contributed by atoms with Crippen LogP contribution in [-0.2, 0) is 32.7 Å². The van der Waals surface area contributed by atoms with Gasteiger partial charge in [0, 0.05) is 12.8 Å². The van der Waals surface area contributed by atoms with Crippen LogP contribution >= 0.6 is 7.82 Å². The fourth-order valence-electron chi connectivity index (χ4n) is 7.95. The standard InChI is InChI=1S/C52H104NO8P/c1-6-8-10-12-14-16-18-20-22-23-24-25-26-27-28-29-31-32-34-36-38-40-42-44-51(54)58-48-50(49-60-62(56,57)59-47-46-53(3,4)5)61-52(55)45-43-41-39-37-35-33-30-21-19-17-15-13-11-9-7-2/h50H,6-49H2,1-5H3/t50-/m0/s1. The van der Waals surface area contributed by atoms with E-state index in [9.17, 15) is 19.0 Å². The van der Waals surface area contributed by atoms with Crippen molar-refractivity contribution < 1.29 is 42.1 Å². The molecule has 0 rings (SSSR count). The number of esters is 2. The molecular formula is C52H104NO8P. The zero-order chi connectivity index (χ0) is 45.7. The summed E-state index contributed by atoms with van der Waals surface area (Å²) in [5, 5.41) is 0. The van der Waals surface area contributed by atoms with Crippen LogP contribution in [0.4, 0.5) is 0 Å². The summed E-state index contributed by atoms with van der Waals surface area (Å²) in [5.41, 5.74) is 0. The zero-order valence-electron chi connectivity index (χ0n) is 41.9. The summed E-state index contributed by atoms with van der Waals surface area (Å²) in [7, 11) is 1.19. The van der Waals surface area contributed by atoms with Gasteiger partial charge in [0.15, 0.2) is 6.10 Å². The molecule has 0 aliphatic rings. The first-order valence-corrected chi connectivity index (χ1v) is 28.2. The number of carbonyl (C=O) groups is 2. The zero-order valence-corrected chi connectivity index (χ0v) is 42.7. The monoisotopic (exact) mass is 902 g/mol. The lowest BCUT2D eigenvalue weighted by Gasteiger charge is -2.28. The highest BCUT2D eigenvalue weighted by molar-refractivity contribution is 7.45. The molecule has 0 fully saturated rings. The molecule has 0 spiro atoms. The Morgan fingerprint density at radius 1 is 0.435 bits per heavy atom. The summed E-state index contributed by atoms with van der Waals surface area (Å²) in [6, 6.07) is 0. The van der Waals surface area contributed by atoms with Gasteiger partial charge in [-0.05, 0) is 12.8 Å². The Labute approximate surface area is 384 Å². The quantitative estimate of drug-likeness (QED) is 0.0257. The molecule has 10 heteroatoms. The molecule has 9 nitrogen and oxygen atoms in total. The molecule has 0 aromatic rings. The number of nitrogens with zero attached hydrogens (tertiary/aromatic N) is 1. The second-order valence-electron chi connectivity index (χ2n) is 19.6. The van der Waals surface area contributed by atoms with E-state index in [1.54, 1.807) is 0 Å².